The van der Waals surface area contributed by atoms with Gasteiger partial charge in [-0.2, -0.15) is 4.68 Å². The SMILES string of the molecule is CS(=O)(=O)c1ccc(-n2nnnc2CN2CCC3(CCCCC3)C2)cc1. The molecule has 7 nitrogen and oxygen atoms in total. The van der Waals surface area contributed by atoms with Crippen LogP contribution in [-0.4, -0.2) is 52.9 Å². The Bertz CT molecular complexity index is 869. The Labute approximate surface area is 154 Å². The van der Waals surface area contributed by atoms with Crippen molar-refractivity contribution < 1.29 is 8.42 Å². The van der Waals surface area contributed by atoms with Crippen molar-refractivity contribution in [1.82, 2.24) is 25.1 Å². The minimum Gasteiger partial charge on any atom is -0.295 e. The molecule has 1 saturated carbocycles. The van der Waals surface area contributed by atoms with E-state index in [4.69, 9.17) is 0 Å². The second kappa shape index (κ2) is 6.74. The molecule has 1 aromatic heterocycles. The average molecular weight is 375 g/mol. The number of hydrogen-bond acceptors (Lipinski definition) is 6. The summed E-state index contributed by atoms with van der Waals surface area (Å²) in [5, 5.41) is 12.1. The van der Waals surface area contributed by atoms with E-state index in [0.29, 0.717) is 10.3 Å². The van der Waals surface area contributed by atoms with Gasteiger partial charge in [-0.3, -0.25) is 4.90 Å². The van der Waals surface area contributed by atoms with Crippen LogP contribution in [0.3, 0.4) is 0 Å². The molecule has 0 amide bonds. The Morgan fingerprint density at radius 2 is 1.81 bits per heavy atom. The quantitative estimate of drug-likeness (QED) is 0.815. The molecule has 1 aliphatic carbocycles. The van der Waals surface area contributed by atoms with Crippen LogP contribution in [0.15, 0.2) is 29.2 Å². The molecule has 4 rings (SSSR count). The van der Waals surface area contributed by atoms with E-state index in [1.807, 2.05) is 0 Å². The number of hydrogen-bond donors (Lipinski definition) is 0. The number of sulfone groups is 1. The zero-order chi connectivity index (χ0) is 18.2. The first kappa shape index (κ1) is 17.6. The molecule has 0 atom stereocenters. The fourth-order valence-corrected chi connectivity index (χ4v) is 5.04. The van der Waals surface area contributed by atoms with Crippen molar-refractivity contribution in [3.05, 3.63) is 30.1 Å². The lowest BCUT2D eigenvalue weighted by atomic mass is 9.73. The molecule has 2 heterocycles. The predicted molar refractivity (Wildman–Crippen MR) is 97.7 cm³/mol. The molecule has 2 aliphatic rings. The number of rotatable bonds is 4. The zero-order valence-corrected chi connectivity index (χ0v) is 16.0. The van der Waals surface area contributed by atoms with Gasteiger partial charge in [-0.1, -0.05) is 19.3 Å². The molecule has 0 bridgehead atoms. The van der Waals surface area contributed by atoms with Crippen molar-refractivity contribution in [2.24, 2.45) is 5.41 Å². The van der Waals surface area contributed by atoms with E-state index in [2.05, 4.69) is 20.4 Å². The summed E-state index contributed by atoms with van der Waals surface area (Å²) in [5.74, 6) is 0.796. The van der Waals surface area contributed by atoms with Gasteiger partial charge in [0, 0.05) is 12.8 Å². The minimum atomic E-state index is -3.20. The summed E-state index contributed by atoms with van der Waals surface area (Å²) >= 11 is 0. The maximum atomic E-state index is 11.6. The predicted octanol–water partition coefficient (Wildman–Crippen LogP) is 2.22. The van der Waals surface area contributed by atoms with E-state index in [0.717, 1.165) is 31.1 Å². The number of likely N-dealkylation sites (tertiary alicyclic amines) is 1. The average Bonchev–Trinajstić information content (AvgIpc) is 3.23. The Morgan fingerprint density at radius 3 is 2.50 bits per heavy atom. The van der Waals surface area contributed by atoms with Gasteiger partial charge in [0.15, 0.2) is 15.7 Å². The molecular formula is C18H25N5O2S. The standard InChI is InChI=1S/C18H25N5O2S/c1-26(24,25)16-7-5-15(6-8-16)23-17(19-20-21-23)13-22-12-11-18(14-22)9-3-2-4-10-18/h5-8H,2-4,9-14H2,1H3. The van der Waals surface area contributed by atoms with E-state index in [-0.39, 0.29) is 0 Å². The molecule has 2 fully saturated rings. The van der Waals surface area contributed by atoms with Gasteiger partial charge >= 0.3 is 0 Å². The van der Waals surface area contributed by atoms with Gasteiger partial charge in [0.2, 0.25) is 0 Å². The van der Waals surface area contributed by atoms with Crippen LogP contribution in [0.1, 0.15) is 44.3 Å². The topological polar surface area (TPSA) is 81.0 Å². The van der Waals surface area contributed by atoms with E-state index in [1.165, 1.54) is 44.8 Å². The number of nitrogens with zero attached hydrogens (tertiary/aromatic N) is 5. The van der Waals surface area contributed by atoms with Crippen molar-refractivity contribution in [2.45, 2.75) is 50.0 Å². The summed E-state index contributed by atoms with van der Waals surface area (Å²) in [6.07, 6.45) is 9.28. The Balaban J connectivity index is 1.49. The highest BCUT2D eigenvalue weighted by Crippen LogP contribution is 2.43. The van der Waals surface area contributed by atoms with Crippen LogP contribution in [0.5, 0.6) is 0 Å². The summed E-state index contributed by atoms with van der Waals surface area (Å²) in [4.78, 5) is 2.76. The fourth-order valence-electron chi connectivity index (χ4n) is 4.41. The molecule has 26 heavy (non-hydrogen) atoms. The highest BCUT2D eigenvalue weighted by Gasteiger charge is 2.39. The monoisotopic (exact) mass is 375 g/mol. The third-order valence-electron chi connectivity index (χ3n) is 5.84. The molecule has 1 aromatic carbocycles. The number of tetrazole rings is 1. The van der Waals surface area contributed by atoms with E-state index < -0.39 is 9.84 Å². The summed E-state index contributed by atoms with van der Waals surface area (Å²) in [5.41, 5.74) is 1.29. The van der Waals surface area contributed by atoms with E-state index >= 15 is 0 Å². The largest absolute Gasteiger partial charge is 0.295 e. The Kier molecular flexibility index (Phi) is 4.56. The smallest absolute Gasteiger partial charge is 0.175 e. The first-order chi connectivity index (χ1) is 12.5. The molecule has 140 valence electrons. The molecule has 2 aromatic rings. The summed E-state index contributed by atoms with van der Waals surface area (Å²) in [6.45, 7) is 2.95. The van der Waals surface area contributed by atoms with Crippen LogP contribution >= 0.6 is 0 Å². The molecule has 1 saturated heterocycles. The van der Waals surface area contributed by atoms with Gasteiger partial charge in [-0.25, -0.2) is 8.42 Å². The fraction of sp³-hybridized carbons (Fsp3) is 0.611. The van der Waals surface area contributed by atoms with Crippen LogP contribution in [0.25, 0.3) is 5.69 Å². The second-order valence-electron chi connectivity index (χ2n) is 7.79. The van der Waals surface area contributed by atoms with Gasteiger partial charge in [0.25, 0.3) is 0 Å². The number of aromatic nitrogens is 4. The molecular weight excluding hydrogens is 350 g/mol. The van der Waals surface area contributed by atoms with Crippen molar-refractivity contribution >= 4 is 9.84 Å². The van der Waals surface area contributed by atoms with Crippen LogP contribution in [0.2, 0.25) is 0 Å². The van der Waals surface area contributed by atoms with Crippen LogP contribution in [0.4, 0.5) is 0 Å². The van der Waals surface area contributed by atoms with E-state index in [1.54, 1.807) is 28.9 Å². The zero-order valence-electron chi connectivity index (χ0n) is 15.1. The molecule has 0 unspecified atom stereocenters. The molecule has 8 heteroatoms. The summed E-state index contributed by atoms with van der Waals surface area (Å²) < 4.78 is 24.9. The van der Waals surface area contributed by atoms with Crippen LogP contribution in [0, 0.1) is 5.41 Å². The van der Waals surface area contributed by atoms with Crippen molar-refractivity contribution in [2.75, 3.05) is 19.3 Å². The highest BCUT2D eigenvalue weighted by molar-refractivity contribution is 7.90. The second-order valence-corrected chi connectivity index (χ2v) is 9.81. The molecule has 0 radical (unpaired) electrons. The van der Waals surface area contributed by atoms with Crippen molar-refractivity contribution in [3.8, 4) is 5.69 Å². The van der Waals surface area contributed by atoms with Crippen molar-refractivity contribution in [1.29, 1.82) is 0 Å². The highest BCUT2D eigenvalue weighted by atomic mass is 32.2. The lowest BCUT2D eigenvalue weighted by Gasteiger charge is -2.33. The third kappa shape index (κ3) is 3.53. The minimum absolute atomic E-state index is 0.301. The maximum Gasteiger partial charge on any atom is 0.175 e. The summed E-state index contributed by atoms with van der Waals surface area (Å²) in [7, 11) is -3.20. The third-order valence-corrected chi connectivity index (χ3v) is 6.97. The molecule has 1 aliphatic heterocycles. The van der Waals surface area contributed by atoms with Crippen LogP contribution in [-0.2, 0) is 16.4 Å². The summed E-state index contributed by atoms with van der Waals surface area (Å²) in [6, 6.07) is 6.71. The molecule has 0 N–H and O–H groups in total. The first-order valence-electron chi connectivity index (χ1n) is 9.25. The number of benzene rings is 1. The maximum absolute atomic E-state index is 11.6. The van der Waals surface area contributed by atoms with Crippen molar-refractivity contribution in [3.63, 3.8) is 0 Å². The Hall–Kier alpha value is -1.80. The van der Waals surface area contributed by atoms with Gasteiger partial charge in [0.1, 0.15) is 0 Å². The van der Waals surface area contributed by atoms with Gasteiger partial charge in [-0.15, -0.1) is 5.10 Å². The lowest BCUT2D eigenvalue weighted by molar-refractivity contribution is 0.182. The first-order valence-corrected chi connectivity index (χ1v) is 11.1. The van der Waals surface area contributed by atoms with Gasteiger partial charge in [0.05, 0.1) is 17.1 Å². The van der Waals surface area contributed by atoms with E-state index in [9.17, 15) is 8.42 Å². The van der Waals surface area contributed by atoms with Gasteiger partial charge < -0.3 is 0 Å². The van der Waals surface area contributed by atoms with Crippen LogP contribution < -0.4 is 0 Å². The normalized spacial score (nSPS) is 20.7. The molecule has 1 spiro atoms. The Morgan fingerprint density at radius 1 is 1.08 bits per heavy atom. The van der Waals surface area contributed by atoms with Gasteiger partial charge in [-0.05, 0) is 65.9 Å². The lowest BCUT2D eigenvalue weighted by Crippen LogP contribution is -2.29.